The van der Waals surface area contributed by atoms with Gasteiger partial charge in [-0.15, -0.1) is 0 Å². The molecule has 2 rings (SSSR count). The van der Waals surface area contributed by atoms with Gasteiger partial charge in [0.2, 0.25) is 0 Å². The molecule has 1 unspecified atom stereocenters. The summed E-state index contributed by atoms with van der Waals surface area (Å²) in [4.78, 5) is 27.7. The van der Waals surface area contributed by atoms with Crippen LogP contribution in [0, 0.1) is 5.92 Å². The number of hydrogen-bond acceptors (Lipinski definition) is 4. The summed E-state index contributed by atoms with van der Waals surface area (Å²) >= 11 is 0. The fourth-order valence-electron chi connectivity index (χ4n) is 3.10. The molecule has 1 atom stereocenters. The maximum Gasteiger partial charge on any atom is 0.303 e. The SMILES string of the molecule is CN(C)CCOc1ccccc1C(=O)N1CCCC(CC(=O)O)CC1. The second kappa shape index (κ2) is 9.42. The van der Waals surface area contributed by atoms with Crippen LogP contribution in [-0.2, 0) is 4.79 Å². The van der Waals surface area contributed by atoms with Gasteiger partial charge in [-0.3, -0.25) is 9.59 Å². The van der Waals surface area contributed by atoms with E-state index in [9.17, 15) is 9.59 Å². The lowest BCUT2D eigenvalue weighted by Crippen LogP contribution is -2.32. The molecule has 25 heavy (non-hydrogen) atoms. The summed E-state index contributed by atoms with van der Waals surface area (Å²) in [6, 6.07) is 7.34. The van der Waals surface area contributed by atoms with E-state index in [2.05, 4.69) is 0 Å². The molecule has 6 nitrogen and oxygen atoms in total. The van der Waals surface area contributed by atoms with Crippen molar-refractivity contribution in [3.05, 3.63) is 29.8 Å². The number of benzene rings is 1. The fourth-order valence-corrected chi connectivity index (χ4v) is 3.10. The van der Waals surface area contributed by atoms with Crippen LogP contribution in [0.15, 0.2) is 24.3 Å². The molecule has 1 amide bonds. The van der Waals surface area contributed by atoms with Gasteiger partial charge in [-0.2, -0.15) is 0 Å². The highest BCUT2D eigenvalue weighted by atomic mass is 16.5. The van der Waals surface area contributed by atoms with Gasteiger partial charge in [0.05, 0.1) is 5.56 Å². The van der Waals surface area contributed by atoms with Crippen LogP contribution in [0.4, 0.5) is 0 Å². The lowest BCUT2D eigenvalue weighted by atomic mass is 9.97. The molecule has 6 heteroatoms. The van der Waals surface area contributed by atoms with Gasteiger partial charge in [0, 0.05) is 26.1 Å². The minimum absolute atomic E-state index is 0.0311. The standard InChI is InChI=1S/C19H28N2O4/c1-20(2)12-13-25-17-8-4-3-7-16(17)19(24)21-10-5-6-15(9-11-21)14-18(22)23/h3-4,7-8,15H,5-6,9-14H2,1-2H3,(H,22,23). The van der Waals surface area contributed by atoms with Crippen LogP contribution in [-0.4, -0.2) is 67.1 Å². The Morgan fingerprint density at radius 1 is 1.24 bits per heavy atom. The predicted octanol–water partition coefficient (Wildman–Crippen LogP) is 2.34. The Labute approximate surface area is 149 Å². The number of para-hydroxylation sites is 1. The van der Waals surface area contributed by atoms with Crippen molar-refractivity contribution in [3.8, 4) is 5.75 Å². The molecular formula is C19H28N2O4. The number of rotatable bonds is 7. The van der Waals surface area contributed by atoms with Crippen molar-refractivity contribution in [2.45, 2.75) is 25.7 Å². The molecule has 0 saturated carbocycles. The molecule has 1 aromatic rings. The lowest BCUT2D eigenvalue weighted by Gasteiger charge is -2.22. The van der Waals surface area contributed by atoms with E-state index in [1.807, 2.05) is 42.1 Å². The molecule has 0 radical (unpaired) electrons. The summed E-state index contributed by atoms with van der Waals surface area (Å²) in [6.45, 7) is 2.57. The van der Waals surface area contributed by atoms with Gasteiger partial charge in [-0.25, -0.2) is 0 Å². The average molecular weight is 348 g/mol. The van der Waals surface area contributed by atoms with Crippen LogP contribution in [0.2, 0.25) is 0 Å². The summed E-state index contributed by atoms with van der Waals surface area (Å²) in [5, 5.41) is 8.97. The highest BCUT2D eigenvalue weighted by Crippen LogP contribution is 2.25. The number of carbonyl (C=O) groups excluding carboxylic acids is 1. The van der Waals surface area contributed by atoms with Crippen LogP contribution in [0.3, 0.4) is 0 Å². The fraction of sp³-hybridized carbons (Fsp3) is 0.579. The Kier molecular flexibility index (Phi) is 7.25. The summed E-state index contributed by atoms with van der Waals surface area (Å²) in [7, 11) is 3.95. The Hall–Kier alpha value is -2.08. The van der Waals surface area contributed by atoms with Crippen molar-refractivity contribution >= 4 is 11.9 Å². The van der Waals surface area contributed by atoms with Crippen LogP contribution in [0.1, 0.15) is 36.0 Å². The van der Waals surface area contributed by atoms with Gasteiger partial charge in [-0.1, -0.05) is 12.1 Å². The summed E-state index contributed by atoms with van der Waals surface area (Å²) < 4.78 is 5.80. The molecule has 1 fully saturated rings. The van der Waals surface area contributed by atoms with Gasteiger partial charge in [0.15, 0.2) is 0 Å². The predicted molar refractivity (Wildman–Crippen MR) is 96.0 cm³/mol. The number of amides is 1. The molecule has 138 valence electrons. The van der Waals surface area contributed by atoms with Crippen molar-refractivity contribution in [1.29, 1.82) is 0 Å². The van der Waals surface area contributed by atoms with E-state index in [1.54, 1.807) is 6.07 Å². The molecule has 0 bridgehead atoms. The quantitative estimate of drug-likeness (QED) is 0.819. The first kappa shape index (κ1) is 19.2. The van der Waals surface area contributed by atoms with Gasteiger partial charge >= 0.3 is 5.97 Å². The second-order valence-electron chi connectivity index (χ2n) is 6.83. The van der Waals surface area contributed by atoms with E-state index in [1.165, 1.54) is 0 Å². The summed E-state index contributed by atoms with van der Waals surface area (Å²) in [5.41, 5.74) is 0.581. The zero-order valence-electron chi connectivity index (χ0n) is 15.1. The van der Waals surface area contributed by atoms with Crippen molar-refractivity contribution in [2.24, 2.45) is 5.92 Å². The van der Waals surface area contributed by atoms with Crippen LogP contribution in [0.25, 0.3) is 0 Å². The molecule has 1 saturated heterocycles. The number of carboxylic acids is 1. The van der Waals surface area contributed by atoms with Crippen molar-refractivity contribution < 1.29 is 19.4 Å². The summed E-state index contributed by atoms with van der Waals surface area (Å²) in [6.07, 6.45) is 2.62. The highest BCUT2D eigenvalue weighted by molar-refractivity contribution is 5.97. The number of nitrogens with zero attached hydrogens (tertiary/aromatic N) is 2. The monoisotopic (exact) mass is 348 g/mol. The number of hydrogen-bond donors (Lipinski definition) is 1. The van der Waals surface area contributed by atoms with Crippen LogP contribution < -0.4 is 4.74 Å². The lowest BCUT2D eigenvalue weighted by molar-refractivity contribution is -0.138. The number of aliphatic carboxylic acids is 1. The normalized spacial score (nSPS) is 18.0. The third kappa shape index (κ3) is 6.05. The third-order valence-corrected chi connectivity index (χ3v) is 4.51. The first-order chi connectivity index (χ1) is 12.0. The molecule has 1 aromatic carbocycles. The van der Waals surface area contributed by atoms with Gasteiger partial charge in [0.25, 0.3) is 5.91 Å². The number of likely N-dealkylation sites (tertiary alicyclic amines) is 1. The highest BCUT2D eigenvalue weighted by Gasteiger charge is 2.24. The maximum atomic E-state index is 12.9. The molecule has 1 aliphatic rings. The van der Waals surface area contributed by atoms with Crippen molar-refractivity contribution in [2.75, 3.05) is 40.3 Å². The second-order valence-corrected chi connectivity index (χ2v) is 6.83. The van der Waals surface area contributed by atoms with E-state index >= 15 is 0 Å². The molecule has 1 heterocycles. The Balaban J connectivity index is 2.01. The van der Waals surface area contributed by atoms with Crippen molar-refractivity contribution in [3.63, 3.8) is 0 Å². The molecular weight excluding hydrogens is 320 g/mol. The molecule has 0 spiro atoms. The number of likely N-dealkylation sites (N-methyl/N-ethyl adjacent to an activating group) is 1. The van der Waals surface area contributed by atoms with E-state index in [0.717, 1.165) is 25.8 Å². The summed E-state index contributed by atoms with van der Waals surface area (Å²) in [5.74, 6) is -0.0246. The average Bonchev–Trinajstić information content (AvgIpc) is 2.79. The molecule has 1 aliphatic heterocycles. The molecule has 1 N–H and O–H groups in total. The minimum atomic E-state index is -0.760. The van der Waals surface area contributed by atoms with Crippen molar-refractivity contribution in [1.82, 2.24) is 9.80 Å². The van der Waals surface area contributed by atoms with Crippen LogP contribution in [0.5, 0.6) is 5.75 Å². The first-order valence-corrected chi connectivity index (χ1v) is 8.85. The zero-order chi connectivity index (χ0) is 18.2. The van der Waals surface area contributed by atoms with E-state index < -0.39 is 5.97 Å². The topological polar surface area (TPSA) is 70.1 Å². The molecule has 0 aromatic heterocycles. The van der Waals surface area contributed by atoms with Crippen LogP contribution >= 0.6 is 0 Å². The number of ether oxygens (including phenoxy) is 1. The van der Waals surface area contributed by atoms with Gasteiger partial charge in [0.1, 0.15) is 12.4 Å². The maximum absolute atomic E-state index is 12.9. The Morgan fingerprint density at radius 3 is 2.72 bits per heavy atom. The van der Waals surface area contributed by atoms with Gasteiger partial charge < -0.3 is 19.6 Å². The zero-order valence-corrected chi connectivity index (χ0v) is 15.1. The largest absolute Gasteiger partial charge is 0.491 e. The van der Waals surface area contributed by atoms with E-state index in [4.69, 9.17) is 9.84 Å². The van der Waals surface area contributed by atoms with E-state index in [0.29, 0.717) is 31.0 Å². The molecule has 0 aliphatic carbocycles. The first-order valence-electron chi connectivity index (χ1n) is 8.85. The van der Waals surface area contributed by atoms with Gasteiger partial charge in [-0.05, 0) is 51.4 Å². The number of carbonyl (C=O) groups is 2. The third-order valence-electron chi connectivity index (χ3n) is 4.51. The minimum Gasteiger partial charge on any atom is -0.491 e. The number of carboxylic acid groups (broad SMARTS) is 1. The Morgan fingerprint density at radius 2 is 2.00 bits per heavy atom. The van der Waals surface area contributed by atoms with E-state index in [-0.39, 0.29) is 18.2 Å². The Bertz CT molecular complexity index is 589. The smallest absolute Gasteiger partial charge is 0.303 e.